The molecule has 10 heteroatoms. The molecule has 4 rings (SSSR count). The summed E-state index contributed by atoms with van der Waals surface area (Å²) in [6.45, 7) is 6.20. The van der Waals surface area contributed by atoms with Crippen molar-refractivity contribution >= 4 is 23.4 Å². The largest absolute Gasteiger partial charge is 0.497 e. The minimum atomic E-state index is -0.344. The second-order valence-electron chi connectivity index (χ2n) is 7.65. The Balaban J connectivity index is 1.41. The van der Waals surface area contributed by atoms with Crippen molar-refractivity contribution in [1.82, 2.24) is 14.8 Å². The number of amides is 1. The molecule has 1 atom stereocenters. The Morgan fingerprint density at radius 3 is 2.70 bits per heavy atom. The highest BCUT2D eigenvalue weighted by Crippen LogP contribution is 2.34. The maximum atomic E-state index is 12.5. The number of hydrogen-bond donors (Lipinski definition) is 1. The van der Waals surface area contributed by atoms with Crippen LogP contribution < -0.4 is 24.3 Å². The molecule has 0 spiro atoms. The van der Waals surface area contributed by atoms with E-state index in [1.165, 1.54) is 11.8 Å². The van der Waals surface area contributed by atoms with Crippen LogP contribution in [-0.2, 0) is 4.79 Å². The number of nitrogens with one attached hydrogen (secondary N) is 1. The molecule has 0 saturated heterocycles. The van der Waals surface area contributed by atoms with Crippen molar-refractivity contribution in [3.8, 4) is 23.0 Å². The number of carbonyl (C=O) groups excluding carboxylic acids is 1. The van der Waals surface area contributed by atoms with Crippen LogP contribution in [0.2, 0.25) is 0 Å². The number of fused-ring (bicyclic) bond motifs is 1. The SMILES string of the molecule is COc1cccc(OC(C)c2nnc(SCC(=O)Nc3ccc4c(c3)OCO4)n2C(C)C)c1. The third-order valence-electron chi connectivity index (χ3n) is 4.91. The van der Waals surface area contributed by atoms with Crippen molar-refractivity contribution < 1.29 is 23.7 Å². The average Bonchev–Trinajstić information content (AvgIpc) is 3.44. The highest BCUT2D eigenvalue weighted by atomic mass is 32.2. The van der Waals surface area contributed by atoms with Crippen LogP contribution in [0.3, 0.4) is 0 Å². The van der Waals surface area contributed by atoms with Gasteiger partial charge in [0.05, 0.1) is 12.9 Å². The summed E-state index contributed by atoms with van der Waals surface area (Å²) >= 11 is 1.32. The first-order valence-corrected chi connectivity index (χ1v) is 11.5. The first-order chi connectivity index (χ1) is 15.9. The standard InChI is InChI=1S/C23H26N4O5S/c1-14(2)27-22(15(3)32-18-7-5-6-17(11-18)29-4)25-26-23(27)33-12-21(28)24-16-8-9-19-20(10-16)31-13-30-19/h5-11,14-15H,12-13H2,1-4H3,(H,24,28). The van der Waals surface area contributed by atoms with Crippen molar-refractivity contribution in [1.29, 1.82) is 0 Å². The van der Waals surface area contributed by atoms with E-state index in [0.29, 0.717) is 33.9 Å². The van der Waals surface area contributed by atoms with E-state index in [2.05, 4.69) is 15.5 Å². The molecule has 0 aliphatic carbocycles. The summed E-state index contributed by atoms with van der Waals surface area (Å²) < 4.78 is 24.0. The zero-order valence-corrected chi connectivity index (χ0v) is 19.7. The second kappa shape index (κ2) is 10.0. The van der Waals surface area contributed by atoms with Gasteiger partial charge in [-0.2, -0.15) is 0 Å². The van der Waals surface area contributed by atoms with Crippen LogP contribution in [0.5, 0.6) is 23.0 Å². The molecule has 33 heavy (non-hydrogen) atoms. The first kappa shape index (κ1) is 22.8. The number of anilines is 1. The summed E-state index contributed by atoms with van der Waals surface area (Å²) in [5.74, 6) is 3.41. The molecular weight excluding hydrogens is 444 g/mol. The molecule has 0 radical (unpaired) electrons. The Hall–Kier alpha value is -3.40. The summed E-state index contributed by atoms with van der Waals surface area (Å²) in [4.78, 5) is 12.5. The van der Waals surface area contributed by atoms with Gasteiger partial charge in [-0.1, -0.05) is 17.8 Å². The van der Waals surface area contributed by atoms with Gasteiger partial charge in [-0.05, 0) is 45.0 Å². The van der Waals surface area contributed by atoms with E-state index in [1.54, 1.807) is 25.3 Å². The van der Waals surface area contributed by atoms with Crippen molar-refractivity contribution in [2.24, 2.45) is 0 Å². The van der Waals surface area contributed by atoms with E-state index in [4.69, 9.17) is 18.9 Å². The molecule has 1 amide bonds. The Labute approximate surface area is 196 Å². The fourth-order valence-corrected chi connectivity index (χ4v) is 4.26. The Morgan fingerprint density at radius 1 is 1.12 bits per heavy atom. The van der Waals surface area contributed by atoms with Crippen LogP contribution >= 0.6 is 11.8 Å². The summed E-state index contributed by atoms with van der Waals surface area (Å²) in [5.41, 5.74) is 0.649. The Kier molecular flexibility index (Phi) is 6.93. The number of nitrogens with zero attached hydrogens (tertiary/aromatic N) is 3. The van der Waals surface area contributed by atoms with Gasteiger partial charge in [-0.15, -0.1) is 10.2 Å². The molecule has 0 fully saturated rings. The van der Waals surface area contributed by atoms with E-state index in [9.17, 15) is 4.79 Å². The van der Waals surface area contributed by atoms with E-state index in [0.717, 1.165) is 5.75 Å². The van der Waals surface area contributed by atoms with Crippen LogP contribution in [0.15, 0.2) is 47.6 Å². The quantitative estimate of drug-likeness (QED) is 0.458. The molecule has 174 valence electrons. The van der Waals surface area contributed by atoms with Crippen molar-refractivity contribution in [3.63, 3.8) is 0 Å². The van der Waals surface area contributed by atoms with Gasteiger partial charge >= 0.3 is 0 Å². The highest BCUT2D eigenvalue weighted by Gasteiger charge is 2.22. The molecule has 2 aromatic carbocycles. The Morgan fingerprint density at radius 2 is 1.91 bits per heavy atom. The molecule has 1 aromatic heterocycles. The maximum absolute atomic E-state index is 12.5. The van der Waals surface area contributed by atoms with Crippen LogP contribution in [0.1, 0.15) is 38.7 Å². The third-order valence-corrected chi connectivity index (χ3v) is 5.86. The first-order valence-electron chi connectivity index (χ1n) is 10.5. The number of rotatable bonds is 9. The summed E-state index contributed by atoms with van der Waals surface area (Å²) in [6, 6.07) is 12.8. The zero-order valence-electron chi connectivity index (χ0n) is 18.9. The molecule has 1 aliphatic heterocycles. The van der Waals surface area contributed by atoms with Gasteiger partial charge < -0.3 is 28.8 Å². The number of benzene rings is 2. The predicted octanol–water partition coefficient (Wildman–Crippen LogP) is 4.47. The highest BCUT2D eigenvalue weighted by molar-refractivity contribution is 7.99. The fourth-order valence-electron chi connectivity index (χ4n) is 3.38. The van der Waals surface area contributed by atoms with Crippen molar-refractivity contribution in [3.05, 3.63) is 48.3 Å². The minimum Gasteiger partial charge on any atom is -0.497 e. The lowest BCUT2D eigenvalue weighted by molar-refractivity contribution is -0.113. The van der Waals surface area contributed by atoms with Gasteiger partial charge in [0.15, 0.2) is 28.6 Å². The number of aromatic nitrogens is 3. The number of ether oxygens (including phenoxy) is 4. The second-order valence-corrected chi connectivity index (χ2v) is 8.59. The zero-order chi connectivity index (χ0) is 23.4. The molecule has 0 bridgehead atoms. The van der Waals surface area contributed by atoms with E-state index in [-0.39, 0.29) is 30.6 Å². The number of hydrogen-bond acceptors (Lipinski definition) is 8. The van der Waals surface area contributed by atoms with Crippen LogP contribution in [0.25, 0.3) is 0 Å². The molecule has 1 N–H and O–H groups in total. The normalized spacial score (nSPS) is 13.1. The summed E-state index contributed by atoms with van der Waals surface area (Å²) in [6.07, 6.45) is -0.344. The smallest absolute Gasteiger partial charge is 0.234 e. The summed E-state index contributed by atoms with van der Waals surface area (Å²) in [5, 5.41) is 12.2. The molecule has 1 unspecified atom stereocenters. The molecule has 3 aromatic rings. The fraction of sp³-hybridized carbons (Fsp3) is 0.348. The van der Waals surface area contributed by atoms with Gasteiger partial charge in [-0.25, -0.2) is 0 Å². The van der Waals surface area contributed by atoms with Gasteiger partial charge in [0.25, 0.3) is 0 Å². The van der Waals surface area contributed by atoms with Crippen LogP contribution in [0, 0.1) is 0 Å². The van der Waals surface area contributed by atoms with Gasteiger partial charge in [0.1, 0.15) is 11.5 Å². The molecule has 0 saturated carbocycles. The maximum Gasteiger partial charge on any atom is 0.234 e. The van der Waals surface area contributed by atoms with Crippen molar-refractivity contribution in [2.75, 3.05) is 25.0 Å². The van der Waals surface area contributed by atoms with Gasteiger partial charge in [-0.3, -0.25) is 4.79 Å². The predicted molar refractivity (Wildman–Crippen MR) is 124 cm³/mol. The average molecular weight is 471 g/mol. The molecular formula is C23H26N4O5S. The van der Waals surface area contributed by atoms with E-state index >= 15 is 0 Å². The Bertz CT molecular complexity index is 1130. The lowest BCUT2D eigenvalue weighted by atomic mass is 10.3. The lowest BCUT2D eigenvalue weighted by Gasteiger charge is -2.19. The van der Waals surface area contributed by atoms with E-state index < -0.39 is 0 Å². The molecule has 1 aliphatic rings. The molecule has 2 heterocycles. The minimum absolute atomic E-state index is 0.0887. The third kappa shape index (κ3) is 5.33. The van der Waals surface area contributed by atoms with Gasteiger partial charge in [0, 0.05) is 23.9 Å². The van der Waals surface area contributed by atoms with Crippen molar-refractivity contribution in [2.45, 2.75) is 38.1 Å². The van der Waals surface area contributed by atoms with E-state index in [1.807, 2.05) is 49.6 Å². The summed E-state index contributed by atoms with van der Waals surface area (Å²) in [7, 11) is 1.62. The van der Waals surface area contributed by atoms with Crippen LogP contribution in [-0.4, -0.2) is 40.3 Å². The topological polar surface area (TPSA) is 96.7 Å². The number of carbonyl (C=O) groups is 1. The molecule has 9 nitrogen and oxygen atoms in total. The number of methoxy groups -OCH3 is 1. The lowest BCUT2D eigenvalue weighted by Crippen LogP contribution is -2.16. The van der Waals surface area contributed by atoms with Gasteiger partial charge in [0.2, 0.25) is 12.7 Å². The number of thioether (sulfide) groups is 1. The van der Waals surface area contributed by atoms with Crippen LogP contribution in [0.4, 0.5) is 5.69 Å². The monoisotopic (exact) mass is 470 g/mol.